The molecule has 0 aliphatic heterocycles. The van der Waals surface area contributed by atoms with Crippen molar-refractivity contribution in [1.29, 1.82) is 5.26 Å². The normalized spacial score (nSPS) is 21.9. The molecule has 0 amide bonds. The lowest BCUT2D eigenvalue weighted by Crippen LogP contribution is -2.08. The Labute approximate surface area is 94.9 Å². The molecule has 0 radical (unpaired) electrons. The number of nitrogens with one attached hydrogen (secondary N) is 1. The van der Waals surface area contributed by atoms with Gasteiger partial charge in [0.2, 0.25) is 0 Å². The summed E-state index contributed by atoms with van der Waals surface area (Å²) in [6.07, 6.45) is 1.19. The Hall–Kier alpha value is -1.20. The van der Waals surface area contributed by atoms with E-state index < -0.39 is 0 Å². The van der Waals surface area contributed by atoms with Crippen LogP contribution in [0.3, 0.4) is 0 Å². The van der Waals surface area contributed by atoms with E-state index in [4.69, 9.17) is 16.9 Å². The third-order valence-corrected chi connectivity index (χ3v) is 3.26. The largest absolute Gasteiger partial charge is 0.382 e. The van der Waals surface area contributed by atoms with Gasteiger partial charge in [0.1, 0.15) is 6.07 Å². The van der Waals surface area contributed by atoms with Crippen molar-refractivity contribution in [2.75, 3.05) is 5.32 Å². The monoisotopic (exact) mass is 220 g/mol. The van der Waals surface area contributed by atoms with Crippen LogP contribution in [0.1, 0.15) is 25.8 Å². The lowest BCUT2D eigenvalue weighted by Gasteiger charge is -2.08. The molecule has 1 fully saturated rings. The van der Waals surface area contributed by atoms with Gasteiger partial charge in [-0.05, 0) is 30.0 Å². The Kier molecular flexibility index (Phi) is 2.36. The minimum atomic E-state index is 0.389. The molecule has 0 spiro atoms. The smallest absolute Gasteiger partial charge is 0.101 e. The SMILES string of the molecule is CC1(C)CC1Nc1ccc(C#N)c(Cl)c1. The van der Waals surface area contributed by atoms with Gasteiger partial charge in [0, 0.05) is 11.7 Å². The molecule has 1 unspecified atom stereocenters. The lowest BCUT2D eigenvalue weighted by molar-refractivity contribution is 0.630. The van der Waals surface area contributed by atoms with Crippen molar-refractivity contribution in [3.8, 4) is 6.07 Å². The van der Waals surface area contributed by atoms with Crippen LogP contribution in [0.2, 0.25) is 5.02 Å². The summed E-state index contributed by atoms with van der Waals surface area (Å²) in [6.45, 7) is 4.46. The first-order valence-corrected chi connectivity index (χ1v) is 5.37. The molecular weight excluding hydrogens is 208 g/mol. The minimum absolute atomic E-state index is 0.389. The van der Waals surface area contributed by atoms with Crippen LogP contribution < -0.4 is 5.32 Å². The van der Waals surface area contributed by atoms with Crippen LogP contribution in [0.5, 0.6) is 0 Å². The second kappa shape index (κ2) is 3.43. The van der Waals surface area contributed by atoms with Crippen molar-refractivity contribution in [3.05, 3.63) is 28.8 Å². The molecule has 1 aliphatic rings. The van der Waals surface area contributed by atoms with E-state index in [-0.39, 0.29) is 0 Å². The van der Waals surface area contributed by atoms with Gasteiger partial charge in [-0.3, -0.25) is 0 Å². The van der Waals surface area contributed by atoms with Crippen LogP contribution in [-0.4, -0.2) is 6.04 Å². The maximum atomic E-state index is 8.73. The Morgan fingerprint density at radius 1 is 1.53 bits per heavy atom. The van der Waals surface area contributed by atoms with Crippen molar-refractivity contribution in [1.82, 2.24) is 0 Å². The van der Waals surface area contributed by atoms with Gasteiger partial charge in [-0.1, -0.05) is 25.4 Å². The van der Waals surface area contributed by atoms with Crippen molar-refractivity contribution in [2.45, 2.75) is 26.3 Å². The molecule has 1 aromatic rings. The summed E-state index contributed by atoms with van der Waals surface area (Å²) in [4.78, 5) is 0. The van der Waals surface area contributed by atoms with E-state index in [9.17, 15) is 0 Å². The second-order valence-corrected chi connectivity index (χ2v) is 5.10. The molecule has 2 rings (SSSR count). The fourth-order valence-electron chi connectivity index (χ4n) is 1.61. The first kappa shape index (κ1) is 10.3. The zero-order valence-electron chi connectivity index (χ0n) is 8.84. The highest BCUT2D eigenvalue weighted by atomic mass is 35.5. The molecule has 0 bridgehead atoms. The van der Waals surface area contributed by atoms with Crippen LogP contribution in [0.25, 0.3) is 0 Å². The molecule has 0 heterocycles. The van der Waals surface area contributed by atoms with Crippen LogP contribution in [-0.2, 0) is 0 Å². The number of nitrogens with zero attached hydrogens (tertiary/aromatic N) is 1. The topological polar surface area (TPSA) is 35.8 Å². The van der Waals surface area contributed by atoms with Gasteiger partial charge in [-0.15, -0.1) is 0 Å². The average Bonchev–Trinajstić information content (AvgIpc) is 2.74. The van der Waals surface area contributed by atoms with E-state index in [1.54, 1.807) is 6.07 Å². The zero-order valence-corrected chi connectivity index (χ0v) is 9.60. The van der Waals surface area contributed by atoms with Crippen LogP contribution in [0, 0.1) is 16.7 Å². The van der Waals surface area contributed by atoms with E-state index >= 15 is 0 Å². The molecule has 0 saturated heterocycles. The van der Waals surface area contributed by atoms with Crippen molar-refractivity contribution in [2.24, 2.45) is 5.41 Å². The molecular formula is C12H13ClN2. The van der Waals surface area contributed by atoms with Gasteiger partial charge in [0.15, 0.2) is 0 Å². The quantitative estimate of drug-likeness (QED) is 0.829. The molecule has 1 saturated carbocycles. The molecule has 3 heteroatoms. The average molecular weight is 221 g/mol. The van der Waals surface area contributed by atoms with Gasteiger partial charge in [-0.2, -0.15) is 5.26 Å². The number of anilines is 1. The van der Waals surface area contributed by atoms with E-state index in [1.165, 1.54) is 6.42 Å². The molecule has 78 valence electrons. The highest BCUT2D eigenvalue weighted by molar-refractivity contribution is 6.32. The van der Waals surface area contributed by atoms with Gasteiger partial charge in [0.05, 0.1) is 10.6 Å². The fourth-order valence-corrected chi connectivity index (χ4v) is 1.83. The van der Waals surface area contributed by atoms with Gasteiger partial charge >= 0.3 is 0 Å². The predicted molar refractivity (Wildman–Crippen MR) is 62.0 cm³/mol. The van der Waals surface area contributed by atoms with Crippen molar-refractivity contribution < 1.29 is 0 Å². The number of halogens is 1. The fraction of sp³-hybridized carbons (Fsp3) is 0.417. The summed E-state index contributed by atoms with van der Waals surface area (Å²) < 4.78 is 0. The van der Waals surface area contributed by atoms with Crippen molar-refractivity contribution in [3.63, 3.8) is 0 Å². The minimum Gasteiger partial charge on any atom is -0.382 e. The summed E-state index contributed by atoms with van der Waals surface area (Å²) in [5.41, 5.74) is 1.91. The highest BCUT2D eigenvalue weighted by Gasteiger charge is 2.45. The van der Waals surface area contributed by atoms with Crippen LogP contribution in [0.4, 0.5) is 5.69 Å². The molecule has 2 nitrogen and oxygen atoms in total. The highest BCUT2D eigenvalue weighted by Crippen LogP contribution is 2.46. The van der Waals surface area contributed by atoms with Crippen molar-refractivity contribution >= 4 is 17.3 Å². The summed E-state index contributed by atoms with van der Waals surface area (Å²) >= 11 is 5.94. The van der Waals surface area contributed by atoms with Crippen LogP contribution in [0.15, 0.2) is 18.2 Å². The number of rotatable bonds is 2. The summed E-state index contributed by atoms with van der Waals surface area (Å²) in [7, 11) is 0. The third kappa shape index (κ3) is 2.08. The maximum absolute atomic E-state index is 8.73. The standard InChI is InChI=1S/C12H13ClN2/c1-12(2)6-11(12)15-9-4-3-8(7-14)10(13)5-9/h3-5,11,15H,6H2,1-2H3. The van der Waals surface area contributed by atoms with E-state index in [0.717, 1.165) is 5.69 Å². The molecule has 15 heavy (non-hydrogen) atoms. The van der Waals surface area contributed by atoms with Crippen LogP contribution >= 0.6 is 11.6 Å². The van der Waals surface area contributed by atoms with E-state index in [2.05, 4.69) is 19.2 Å². The number of benzene rings is 1. The molecule has 0 aromatic heterocycles. The lowest BCUT2D eigenvalue weighted by atomic mass is 10.2. The Bertz CT molecular complexity index is 432. The van der Waals surface area contributed by atoms with Gasteiger partial charge < -0.3 is 5.32 Å². The van der Waals surface area contributed by atoms with E-state index in [1.807, 2.05) is 18.2 Å². The zero-order chi connectivity index (χ0) is 11.1. The third-order valence-electron chi connectivity index (χ3n) is 2.94. The predicted octanol–water partition coefficient (Wildman–Crippen LogP) is 3.42. The second-order valence-electron chi connectivity index (χ2n) is 4.70. The number of hydrogen-bond donors (Lipinski definition) is 1. The molecule has 1 N–H and O–H groups in total. The number of hydrogen-bond acceptors (Lipinski definition) is 2. The number of nitriles is 1. The Morgan fingerprint density at radius 3 is 2.67 bits per heavy atom. The summed E-state index contributed by atoms with van der Waals surface area (Å²) in [5, 5.41) is 12.7. The Balaban J connectivity index is 2.12. The molecule has 1 aromatic carbocycles. The maximum Gasteiger partial charge on any atom is 0.101 e. The summed E-state index contributed by atoms with van der Waals surface area (Å²) in [5.74, 6) is 0. The van der Waals surface area contributed by atoms with Gasteiger partial charge in [0.25, 0.3) is 0 Å². The molecule has 1 atom stereocenters. The first-order chi connectivity index (χ1) is 7.03. The first-order valence-electron chi connectivity index (χ1n) is 4.99. The summed E-state index contributed by atoms with van der Waals surface area (Å²) in [6, 6.07) is 8.04. The Morgan fingerprint density at radius 2 is 2.20 bits per heavy atom. The molecule has 1 aliphatic carbocycles. The van der Waals surface area contributed by atoms with Gasteiger partial charge in [-0.25, -0.2) is 0 Å². The van der Waals surface area contributed by atoms with E-state index in [0.29, 0.717) is 22.0 Å².